The van der Waals surface area contributed by atoms with E-state index in [1.165, 1.54) is 0 Å². The minimum absolute atomic E-state index is 0.203. The van der Waals surface area contributed by atoms with Crippen molar-refractivity contribution < 1.29 is 4.79 Å². The van der Waals surface area contributed by atoms with Gasteiger partial charge in [0, 0.05) is 16.6 Å². The minimum Gasteiger partial charge on any atom is -0.354 e. The molecule has 0 aliphatic carbocycles. The van der Waals surface area contributed by atoms with Crippen LogP contribution in [0.1, 0.15) is 17.2 Å². The molecule has 2 aromatic rings. The lowest BCUT2D eigenvalue weighted by Gasteiger charge is -2.13. The Hall–Kier alpha value is -1.55. The Balaban J connectivity index is 1.87. The normalized spacial score (nSPS) is 12.0. The van der Waals surface area contributed by atoms with Crippen molar-refractivity contribution in [3.8, 4) is 0 Å². The number of halogens is 2. The number of amides is 1. The molecule has 0 aromatic heterocycles. The van der Waals surface area contributed by atoms with Crippen molar-refractivity contribution in [2.24, 2.45) is 5.73 Å². The molecule has 21 heavy (non-hydrogen) atoms. The van der Waals surface area contributed by atoms with Gasteiger partial charge in [0.1, 0.15) is 6.04 Å². The van der Waals surface area contributed by atoms with Gasteiger partial charge in [-0.1, -0.05) is 59.6 Å². The molecular formula is C16H16Cl2N2O. The first-order chi connectivity index (χ1) is 10.1. The lowest BCUT2D eigenvalue weighted by molar-refractivity contribution is -0.122. The Morgan fingerprint density at radius 3 is 2.52 bits per heavy atom. The monoisotopic (exact) mass is 322 g/mol. The van der Waals surface area contributed by atoms with Crippen molar-refractivity contribution >= 4 is 29.1 Å². The SMILES string of the molecule is NC(C(=O)NCCc1ccc(Cl)cc1Cl)c1ccccc1. The third-order valence-corrected chi connectivity index (χ3v) is 3.74. The topological polar surface area (TPSA) is 55.1 Å². The molecule has 0 fully saturated rings. The first kappa shape index (κ1) is 15.8. The van der Waals surface area contributed by atoms with Crippen LogP contribution in [0, 0.1) is 0 Å². The van der Waals surface area contributed by atoms with Gasteiger partial charge in [-0.15, -0.1) is 0 Å². The molecule has 3 nitrogen and oxygen atoms in total. The molecule has 0 saturated heterocycles. The van der Waals surface area contributed by atoms with E-state index in [2.05, 4.69) is 5.32 Å². The second-order valence-electron chi connectivity index (χ2n) is 4.67. The van der Waals surface area contributed by atoms with Gasteiger partial charge >= 0.3 is 0 Å². The lowest BCUT2D eigenvalue weighted by atomic mass is 10.1. The molecule has 0 saturated carbocycles. The van der Waals surface area contributed by atoms with E-state index in [0.717, 1.165) is 11.1 Å². The molecule has 1 unspecified atom stereocenters. The maximum absolute atomic E-state index is 12.0. The average Bonchev–Trinajstić information content (AvgIpc) is 2.49. The van der Waals surface area contributed by atoms with Gasteiger partial charge in [0.05, 0.1) is 0 Å². The first-order valence-corrected chi connectivity index (χ1v) is 7.35. The van der Waals surface area contributed by atoms with E-state index in [-0.39, 0.29) is 5.91 Å². The van der Waals surface area contributed by atoms with Crippen LogP contribution in [0.2, 0.25) is 10.0 Å². The summed E-state index contributed by atoms with van der Waals surface area (Å²) >= 11 is 11.9. The van der Waals surface area contributed by atoms with Gasteiger partial charge in [0.25, 0.3) is 0 Å². The number of hydrogen-bond acceptors (Lipinski definition) is 2. The molecule has 0 bridgehead atoms. The zero-order chi connectivity index (χ0) is 15.2. The number of rotatable bonds is 5. The van der Waals surface area contributed by atoms with Gasteiger partial charge in [0.15, 0.2) is 0 Å². The Morgan fingerprint density at radius 2 is 1.86 bits per heavy atom. The van der Waals surface area contributed by atoms with E-state index in [1.54, 1.807) is 12.1 Å². The van der Waals surface area contributed by atoms with Gasteiger partial charge in [-0.05, 0) is 29.7 Å². The van der Waals surface area contributed by atoms with Crippen LogP contribution in [0.4, 0.5) is 0 Å². The van der Waals surface area contributed by atoms with Gasteiger partial charge in [-0.25, -0.2) is 0 Å². The van der Waals surface area contributed by atoms with E-state index in [0.29, 0.717) is 23.0 Å². The molecule has 3 N–H and O–H groups in total. The molecule has 0 aliphatic heterocycles. The van der Waals surface area contributed by atoms with Crippen LogP contribution < -0.4 is 11.1 Å². The molecule has 2 rings (SSSR count). The van der Waals surface area contributed by atoms with Crippen molar-refractivity contribution in [2.75, 3.05) is 6.54 Å². The number of carbonyl (C=O) groups excluding carboxylic acids is 1. The molecule has 5 heteroatoms. The quantitative estimate of drug-likeness (QED) is 0.886. The summed E-state index contributed by atoms with van der Waals surface area (Å²) in [5, 5.41) is 4.01. The average molecular weight is 323 g/mol. The fourth-order valence-corrected chi connectivity index (χ4v) is 2.47. The molecular weight excluding hydrogens is 307 g/mol. The molecule has 0 aliphatic rings. The van der Waals surface area contributed by atoms with Gasteiger partial charge < -0.3 is 11.1 Å². The van der Waals surface area contributed by atoms with Crippen LogP contribution in [0.5, 0.6) is 0 Å². The van der Waals surface area contributed by atoms with Crippen molar-refractivity contribution in [3.63, 3.8) is 0 Å². The Bertz CT molecular complexity index is 617. The summed E-state index contributed by atoms with van der Waals surface area (Å²) in [7, 11) is 0. The fraction of sp³-hybridized carbons (Fsp3) is 0.188. The summed E-state index contributed by atoms with van der Waals surface area (Å²) in [5.41, 5.74) is 7.64. The van der Waals surface area contributed by atoms with Crippen molar-refractivity contribution in [2.45, 2.75) is 12.5 Å². The first-order valence-electron chi connectivity index (χ1n) is 6.60. The Morgan fingerprint density at radius 1 is 1.14 bits per heavy atom. The molecule has 0 spiro atoms. The summed E-state index contributed by atoms with van der Waals surface area (Å²) in [6.45, 7) is 0.473. The van der Waals surface area contributed by atoms with Crippen molar-refractivity contribution in [3.05, 3.63) is 69.7 Å². The summed E-state index contributed by atoms with van der Waals surface area (Å²) in [6, 6.07) is 13.9. The number of benzene rings is 2. The molecule has 1 amide bonds. The van der Waals surface area contributed by atoms with Gasteiger partial charge in [0.2, 0.25) is 5.91 Å². The fourth-order valence-electron chi connectivity index (χ4n) is 1.97. The predicted octanol–water partition coefficient (Wildman–Crippen LogP) is 3.35. The largest absolute Gasteiger partial charge is 0.354 e. The summed E-state index contributed by atoms with van der Waals surface area (Å²) in [5.74, 6) is -0.203. The zero-order valence-electron chi connectivity index (χ0n) is 11.4. The van der Waals surface area contributed by atoms with E-state index in [1.807, 2.05) is 36.4 Å². The van der Waals surface area contributed by atoms with Gasteiger partial charge in [-0.2, -0.15) is 0 Å². The Labute approximate surface area is 134 Å². The third kappa shape index (κ3) is 4.46. The number of carbonyl (C=O) groups is 1. The van der Waals surface area contributed by atoms with Crippen LogP contribution in [0.15, 0.2) is 48.5 Å². The molecule has 1 atom stereocenters. The highest BCUT2D eigenvalue weighted by Gasteiger charge is 2.14. The summed E-state index contributed by atoms with van der Waals surface area (Å²) in [4.78, 5) is 12.0. The van der Waals surface area contributed by atoms with Crippen molar-refractivity contribution in [1.29, 1.82) is 0 Å². The highest BCUT2D eigenvalue weighted by molar-refractivity contribution is 6.35. The lowest BCUT2D eigenvalue weighted by Crippen LogP contribution is -2.35. The van der Waals surface area contributed by atoms with Gasteiger partial charge in [-0.3, -0.25) is 4.79 Å². The van der Waals surface area contributed by atoms with Crippen LogP contribution in [-0.2, 0) is 11.2 Å². The second-order valence-corrected chi connectivity index (χ2v) is 5.51. The second kappa shape index (κ2) is 7.46. The minimum atomic E-state index is -0.660. The third-order valence-electron chi connectivity index (χ3n) is 3.15. The molecule has 0 heterocycles. The van der Waals surface area contributed by atoms with E-state index in [4.69, 9.17) is 28.9 Å². The summed E-state index contributed by atoms with van der Waals surface area (Å²) < 4.78 is 0. The number of nitrogens with two attached hydrogens (primary N) is 1. The van der Waals surface area contributed by atoms with Crippen LogP contribution in [0.3, 0.4) is 0 Å². The molecule has 2 aromatic carbocycles. The highest BCUT2D eigenvalue weighted by atomic mass is 35.5. The smallest absolute Gasteiger partial charge is 0.241 e. The van der Waals surface area contributed by atoms with Crippen LogP contribution in [-0.4, -0.2) is 12.5 Å². The maximum Gasteiger partial charge on any atom is 0.241 e. The van der Waals surface area contributed by atoms with Crippen LogP contribution >= 0.6 is 23.2 Å². The van der Waals surface area contributed by atoms with E-state index in [9.17, 15) is 4.79 Å². The number of hydrogen-bond donors (Lipinski definition) is 2. The summed E-state index contributed by atoms with van der Waals surface area (Å²) in [6.07, 6.45) is 0.628. The van der Waals surface area contributed by atoms with Crippen molar-refractivity contribution in [1.82, 2.24) is 5.32 Å². The predicted molar refractivity (Wildman–Crippen MR) is 86.5 cm³/mol. The Kier molecular flexibility index (Phi) is 5.62. The number of nitrogens with one attached hydrogen (secondary N) is 1. The van der Waals surface area contributed by atoms with E-state index < -0.39 is 6.04 Å². The molecule has 110 valence electrons. The van der Waals surface area contributed by atoms with E-state index >= 15 is 0 Å². The standard InChI is InChI=1S/C16H16Cl2N2O/c17-13-7-6-11(14(18)10-13)8-9-20-16(21)15(19)12-4-2-1-3-5-12/h1-7,10,15H,8-9,19H2,(H,20,21). The van der Waals surface area contributed by atoms with Crippen LogP contribution in [0.25, 0.3) is 0 Å². The zero-order valence-corrected chi connectivity index (χ0v) is 12.9. The maximum atomic E-state index is 12.0. The highest BCUT2D eigenvalue weighted by Crippen LogP contribution is 2.21. The molecule has 0 radical (unpaired) electrons.